The van der Waals surface area contributed by atoms with E-state index in [1.54, 1.807) is 18.2 Å². The molecular weight excluding hydrogens is 316 g/mol. The van der Waals surface area contributed by atoms with Crippen molar-refractivity contribution >= 4 is 11.9 Å². The summed E-state index contributed by atoms with van der Waals surface area (Å²) in [5, 5.41) is 8.52. The molecule has 24 heavy (non-hydrogen) atoms. The number of carbonyl (C=O) groups excluding carboxylic acids is 1. The largest absolute Gasteiger partial charge is 0.493 e. The van der Waals surface area contributed by atoms with E-state index < -0.39 is 17.4 Å². The maximum atomic E-state index is 13.6. The predicted molar refractivity (Wildman–Crippen MR) is 83.8 cm³/mol. The van der Waals surface area contributed by atoms with Gasteiger partial charge in [-0.3, -0.25) is 4.79 Å². The van der Waals surface area contributed by atoms with Crippen molar-refractivity contribution in [3.8, 4) is 17.6 Å². The van der Waals surface area contributed by atoms with Crippen molar-refractivity contribution in [3.05, 3.63) is 65.2 Å². The summed E-state index contributed by atoms with van der Waals surface area (Å²) in [4.78, 5) is 12.0. The Balaban J connectivity index is 2.21. The second kappa shape index (κ2) is 7.88. The standard InChI is InChI=1S/C18H13F2NO3/c1-23-18-10-12(3-7-17(18)24-9-8-21)2-6-16(22)14-11-13(19)4-5-15(14)20/h2-7,10-11H,9H2,1H3/b6-2+. The Kier molecular flexibility index (Phi) is 5.63. The lowest BCUT2D eigenvalue weighted by molar-refractivity contribution is 0.104. The molecule has 0 radical (unpaired) electrons. The van der Waals surface area contributed by atoms with E-state index in [4.69, 9.17) is 14.7 Å². The molecule has 0 aromatic heterocycles. The van der Waals surface area contributed by atoms with Gasteiger partial charge in [-0.15, -0.1) is 0 Å². The number of benzene rings is 2. The Bertz CT molecular complexity index is 825. The fourth-order valence-corrected chi connectivity index (χ4v) is 1.97. The second-order valence-corrected chi connectivity index (χ2v) is 4.68. The third kappa shape index (κ3) is 4.17. The minimum Gasteiger partial charge on any atom is -0.493 e. The van der Waals surface area contributed by atoms with Gasteiger partial charge >= 0.3 is 0 Å². The van der Waals surface area contributed by atoms with Crippen LogP contribution in [0.15, 0.2) is 42.5 Å². The zero-order valence-corrected chi connectivity index (χ0v) is 12.8. The molecule has 2 rings (SSSR count). The lowest BCUT2D eigenvalue weighted by atomic mass is 10.1. The summed E-state index contributed by atoms with van der Waals surface area (Å²) in [5.74, 6) is -1.36. The van der Waals surface area contributed by atoms with E-state index in [0.717, 1.165) is 24.3 Å². The van der Waals surface area contributed by atoms with Crippen LogP contribution in [0, 0.1) is 23.0 Å². The van der Waals surface area contributed by atoms with Gasteiger partial charge < -0.3 is 9.47 Å². The molecule has 0 N–H and O–H groups in total. The van der Waals surface area contributed by atoms with Crippen LogP contribution in [0.2, 0.25) is 0 Å². The van der Waals surface area contributed by atoms with Gasteiger partial charge in [-0.25, -0.2) is 8.78 Å². The molecular formula is C18H13F2NO3. The Labute approximate surface area is 137 Å². The Hall–Kier alpha value is -3.20. The van der Waals surface area contributed by atoms with Crippen LogP contribution in [0.4, 0.5) is 8.78 Å². The van der Waals surface area contributed by atoms with Crippen molar-refractivity contribution in [3.63, 3.8) is 0 Å². The van der Waals surface area contributed by atoms with Crippen molar-refractivity contribution in [2.75, 3.05) is 13.7 Å². The summed E-state index contributed by atoms with van der Waals surface area (Å²) in [6.07, 6.45) is 2.59. The molecule has 0 saturated carbocycles. The van der Waals surface area contributed by atoms with E-state index in [1.165, 1.54) is 13.2 Å². The number of hydrogen-bond donors (Lipinski definition) is 0. The Morgan fingerprint density at radius 2 is 2.00 bits per heavy atom. The molecule has 0 amide bonds. The summed E-state index contributed by atoms with van der Waals surface area (Å²) in [5.41, 5.74) is 0.258. The third-order valence-corrected chi connectivity index (χ3v) is 3.10. The molecule has 6 heteroatoms. The van der Waals surface area contributed by atoms with Crippen LogP contribution in [-0.4, -0.2) is 19.5 Å². The minimum absolute atomic E-state index is 0.122. The highest BCUT2D eigenvalue weighted by Crippen LogP contribution is 2.28. The first-order chi connectivity index (χ1) is 11.5. The maximum absolute atomic E-state index is 13.6. The van der Waals surface area contributed by atoms with Crippen LogP contribution in [-0.2, 0) is 0 Å². The fourth-order valence-electron chi connectivity index (χ4n) is 1.97. The van der Waals surface area contributed by atoms with E-state index in [9.17, 15) is 13.6 Å². The first-order valence-electron chi connectivity index (χ1n) is 6.90. The SMILES string of the molecule is COc1cc(/C=C/C(=O)c2cc(F)ccc2F)ccc1OCC#N. The number of nitrogens with zero attached hydrogens (tertiary/aromatic N) is 1. The van der Waals surface area contributed by atoms with E-state index in [2.05, 4.69) is 0 Å². The first-order valence-corrected chi connectivity index (χ1v) is 6.90. The molecule has 0 saturated heterocycles. The van der Waals surface area contributed by atoms with Crippen LogP contribution < -0.4 is 9.47 Å². The highest BCUT2D eigenvalue weighted by Gasteiger charge is 2.10. The molecule has 0 aliphatic carbocycles. The van der Waals surface area contributed by atoms with Crippen LogP contribution in [0.5, 0.6) is 11.5 Å². The molecule has 0 fully saturated rings. The number of rotatable bonds is 6. The van der Waals surface area contributed by atoms with Crippen molar-refractivity contribution in [1.29, 1.82) is 5.26 Å². The smallest absolute Gasteiger partial charge is 0.188 e. The third-order valence-electron chi connectivity index (χ3n) is 3.10. The molecule has 2 aromatic carbocycles. The van der Waals surface area contributed by atoms with Crippen molar-refractivity contribution in [2.45, 2.75) is 0 Å². The van der Waals surface area contributed by atoms with Crippen molar-refractivity contribution < 1.29 is 23.0 Å². The van der Waals surface area contributed by atoms with Gasteiger partial charge in [0.25, 0.3) is 0 Å². The topological polar surface area (TPSA) is 59.3 Å². The zero-order valence-electron chi connectivity index (χ0n) is 12.8. The van der Waals surface area contributed by atoms with E-state index in [0.29, 0.717) is 17.1 Å². The zero-order chi connectivity index (χ0) is 17.5. The summed E-state index contributed by atoms with van der Waals surface area (Å²) in [6.45, 7) is -0.122. The normalized spacial score (nSPS) is 10.4. The average molecular weight is 329 g/mol. The van der Waals surface area contributed by atoms with Gasteiger partial charge in [0.05, 0.1) is 12.7 Å². The lowest BCUT2D eigenvalue weighted by Gasteiger charge is -2.08. The minimum atomic E-state index is -0.788. The van der Waals surface area contributed by atoms with Gasteiger partial charge in [0, 0.05) is 0 Å². The number of allylic oxidation sites excluding steroid dienone is 1. The van der Waals surface area contributed by atoms with Crippen LogP contribution in [0.3, 0.4) is 0 Å². The molecule has 0 aliphatic rings. The summed E-state index contributed by atoms with van der Waals surface area (Å²) < 4.78 is 37.0. The lowest BCUT2D eigenvalue weighted by Crippen LogP contribution is -1.99. The monoisotopic (exact) mass is 329 g/mol. The molecule has 0 atom stereocenters. The van der Waals surface area contributed by atoms with Crippen LogP contribution >= 0.6 is 0 Å². The molecule has 0 unspecified atom stereocenters. The van der Waals surface area contributed by atoms with Crippen LogP contribution in [0.1, 0.15) is 15.9 Å². The number of ketones is 1. The number of carbonyl (C=O) groups is 1. The Morgan fingerprint density at radius 1 is 1.21 bits per heavy atom. The number of halogens is 2. The Morgan fingerprint density at radius 3 is 2.71 bits per heavy atom. The predicted octanol–water partition coefficient (Wildman–Crippen LogP) is 3.77. The van der Waals surface area contributed by atoms with Gasteiger partial charge in [-0.05, 0) is 42.0 Å². The summed E-state index contributed by atoms with van der Waals surface area (Å²) >= 11 is 0. The summed E-state index contributed by atoms with van der Waals surface area (Å²) in [7, 11) is 1.44. The first kappa shape index (κ1) is 17.2. The van der Waals surface area contributed by atoms with Crippen molar-refractivity contribution in [2.24, 2.45) is 0 Å². The molecule has 0 aliphatic heterocycles. The molecule has 2 aromatic rings. The average Bonchev–Trinajstić information content (AvgIpc) is 2.60. The molecule has 4 nitrogen and oxygen atoms in total. The quantitative estimate of drug-likeness (QED) is 0.598. The van der Waals surface area contributed by atoms with Gasteiger partial charge in [0.15, 0.2) is 23.9 Å². The highest BCUT2D eigenvalue weighted by molar-refractivity contribution is 6.07. The molecule has 0 bridgehead atoms. The van der Waals surface area contributed by atoms with Gasteiger partial charge in [-0.2, -0.15) is 5.26 Å². The molecule has 0 spiro atoms. The number of hydrogen-bond acceptors (Lipinski definition) is 4. The fraction of sp³-hybridized carbons (Fsp3) is 0.111. The molecule has 0 heterocycles. The highest BCUT2D eigenvalue weighted by atomic mass is 19.1. The van der Waals surface area contributed by atoms with Crippen LogP contribution in [0.25, 0.3) is 6.08 Å². The summed E-state index contributed by atoms with van der Waals surface area (Å²) in [6, 6.07) is 9.37. The number of ether oxygens (including phenoxy) is 2. The van der Waals surface area contributed by atoms with E-state index >= 15 is 0 Å². The number of methoxy groups -OCH3 is 1. The van der Waals surface area contributed by atoms with E-state index in [-0.39, 0.29) is 12.2 Å². The van der Waals surface area contributed by atoms with Crippen molar-refractivity contribution in [1.82, 2.24) is 0 Å². The maximum Gasteiger partial charge on any atom is 0.188 e. The van der Waals surface area contributed by atoms with Gasteiger partial charge in [0.2, 0.25) is 0 Å². The molecule has 122 valence electrons. The second-order valence-electron chi connectivity index (χ2n) is 4.68. The van der Waals surface area contributed by atoms with Gasteiger partial charge in [-0.1, -0.05) is 12.1 Å². The van der Waals surface area contributed by atoms with Gasteiger partial charge in [0.1, 0.15) is 17.7 Å². The number of nitriles is 1. The van der Waals surface area contributed by atoms with E-state index in [1.807, 2.05) is 6.07 Å².